The van der Waals surface area contributed by atoms with Crippen molar-refractivity contribution in [1.82, 2.24) is 9.55 Å². The van der Waals surface area contributed by atoms with E-state index < -0.39 is 0 Å². The van der Waals surface area contributed by atoms with E-state index in [4.69, 9.17) is 4.74 Å². The Kier molecular flexibility index (Phi) is 5.16. The van der Waals surface area contributed by atoms with E-state index in [1.807, 2.05) is 60.0 Å². The van der Waals surface area contributed by atoms with Gasteiger partial charge in [0.1, 0.15) is 5.75 Å². The van der Waals surface area contributed by atoms with Gasteiger partial charge in [0.05, 0.1) is 18.1 Å². The van der Waals surface area contributed by atoms with Gasteiger partial charge in [-0.1, -0.05) is 31.5 Å². The average molecular weight is 388 g/mol. The molecule has 1 N–H and O–H groups in total. The summed E-state index contributed by atoms with van der Waals surface area (Å²) in [6.07, 6.45) is 2.03. The van der Waals surface area contributed by atoms with Gasteiger partial charge in [0.15, 0.2) is 11.5 Å². The first-order valence-corrected chi connectivity index (χ1v) is 9.79. The first-order valence-electron chi connectivity index (χ1n) is 9.79. The fourth-order valence-electron chi connectivity index (χ4n) is 3.56. The van der Waals surface area contributed by atoms with Crippen LogP contribution < -0.4 is 4.74 Å². The molecule has 148 valence electrons. The van der Waals surface area contributed by atoms with Crippen LogP contribution in [0.2, 0.25) is 0 Å². The number of benzene rings is 2. The minimum Gasteiger partial charge on any atom is -0.497 e. The third kappa shape index (κ3) is 3.53. The number of aryl methyl sites for hydroxylation is 2. The highest BCUT2D eigenvalue weighted by atomic mass is 16.5. The first kappa shape index (κ1) is 18.9. The SMILES string of the molecule is CCCCn1c(O)c(N=Nc2cc(C)c3ccc(OC)cc3n2)c2ccccc21. The highest BCUT2D eigenvalue weighted by Crippen LogP contribution is 2.39. The largest absolute Gasteiger partial charge is 0.497 e. The zero-order valence-electron chi connectivity index (χ0n) is 16.9. The number of aromatic nitrogens is 2. The lowest BCUT2D eigenvalue weighted by Crippen LogP contribution is -1.96. The Morgan fingerprint density at radius 1 is 1.07 bits per heavy atom. The molecular weight excluding hydrogens is 364 g/mol. The average Bonchev–Trinajstić information content (AvgIpc) is 3.01. The summed E-state index contributed by atoms with van der Waals surface area (Å²) < 4.78 is 7.20. The van der Waals surface area contributed by atoms with Crippen molar-refractivity contribution in [3.8, 4) is 11.6 Å². The predicted octanol–water partition coefficient (Wildman–Crippen LogP) is 6.43. The van der Waals surface area contributed by atoms with Crippen LogP contribution in [0.15, 0.2) is 58.8 Å². The molecule has 0 saturated carbocycles. The molecule has 0 radical (unpaired) electrons. The molecule has 2 aromatic carbocycles. The van der Waals surface area contributed by atoms with E-state index >= 15 is 0 Å². The lowest BCUT2D eigenvalue weighted by atomic mass is 10.1. The maximum atomic E-state index is 10.8. The number of hydrogen-bond donors (Lipinski definition) is 1. The summed E-state index contributed by atoms with van der Waals surface area (Å²) in [6.45, 7) is 4.89. The molecule has 2 aromatic heterocycles. The summed E-state index contributed by atoms with van der Waals surface area (Å²) >= 11 is 0. The number of pyridine rings is 1. The number of hydrogen-bond acceptors (Lipinski definition) is 5. The summed E-state index contributed by atoms with van der Waals surface area (Å²) in [6, 6.07) is 15.5. The van der Waals surface area contributed by atoms with Crippen molar-refractivity contribution >= 4 is 33.3 Å². The van der Waals surface area contributed by atoms with Gasteiger partial charge in [0, 0.05) is 23.4 Å². The van der Waals surface area contributed by atoms with E-state index in [1.54, 1.807) is 7.11 Å². The number of fused-ring (bicyclic) bond motifs is 2. The van der Waals surface area contributed by atoms with Crippen LogP contribution in [0, 0.1) is 6.92 Å². The lowest BCUT2D eigenvalue weighted by Gasteiger charge is -2.05. The van der Waals surface area contributed by atoms with Gasteiger partial charge in [-0.25, -0.2) is 4.98 Å². The van der Waals surface area contributed by atoms with Crippen molar-refractivity contribution in [3.63, 3.8) is 0 Å². The van der Waals surface area contributed by atoms with Crippen LogP contribution in [-0.4, -0.2) is 21.8 Å². The summed E-state index contributed by atoms with van der Waals surface area (Å²) in [5.74, 6) is 1.38. The highest BCUT2D eigenvalue weighted by molar-refractivity contribution is 5.95. The molecule has 6 heteroatoms. The minimum atomic E-state index is 0.141. The molecule has 6 nitrogen and oxygen atoms in total. The van der Waals surface area contributed by atoms with Crippen LogP contribution in [0.5, 0.6) is 11.6 Å². The zero-order chi connectivity index (χ0) is 20.4. The van der Waals surface area contributed by atoms with E-state index in [0.717, 1.165) is 52.5 Å². The second kappa shape index (κ2) is 7.91. The van der Waals surface area contributed by atoms with Crippen LogP contribution in [0.4, 0.5) is 11.5 Å². The highest BCUT2D eigenvalue weighted by Gasteiger charge is 2.16. The van der Waals surface area contributed by atoms with E-state index in [2.05, 4.69) is 22.1 Å². The molecule has 0 aliphatic rings. The lowest BCUT2D eigenvalue weighted by molar-refractivity contribution is 0.415. The Hall–Kier alpha value is -3.41. The Labute approximate surface area is 169 Å². The summed E-state index contributed by atoms with van der Waals surface area (Å²) in [4.78, 5) is 4.60. The minimum absolute atomic E-state index is 0.141. The Bertz CT molecular complexity index is 1210. The van der Waals surface area contributed by atoms with Crippen LogP contribution in [0.1, 0.15) is 25.3 Å². The molecule has 0 spiro atoms. The quantitative estimate of drug-likeness (QED) is 0.387. The molecular formula is C23H24N4O2. The van der Waals surface area contributed by atoms with Crippen LogP contribution >= 0.6 is 0 Å². The fourth-order valence-corrected chi connectivity index (χ4v) is 3.56. The zero-order valence-corrected chi connectivity index (χ0v) is 16.9. The molecule has 0 fully saturated rings. The van der Waals surface area contributed by atoms with Crippen molar-refractivity contribution < 1.29 is 9.84 Å². The van der Waals surface area contributed by atoms with Crippen LogP contribution in [-0.2, 0) is 6.54 Å². The standard InChI is InChI=1S/C23H24N4O2/c1-4-5-12-27-20-9-7-6-8-18(20)22(23(27)28)26-25-21-13-15(2)17-11-10-16(29-3)14-19(17)24-21/h6-11,13-14,28H,4-5,12H2,1-3H3. The van der Waals surface area contributed by atoms with Gasteiger partial charge < -0.3 is 14.4 Å². The normalized spacial score (nSPS) is 11.7. The fraction of sp³-hybridized carbons (Fsp3) is 0.261. The number of nitrogens with zero attached hydrogens (tertiary/aromatic N) is 4. The van der Waals surface area contributed by atoms with E-state index in [9.17, 15) is 5.11 Å². The number of unbranched alkanes of at least 4 members (excludes halogenated alkanes) is 1. The molecule has 0 saturated heterocycles. The molecule has 0 unspecified atom stereocenters. The molecule has 0 atom stereocenters. The predicted molar refractivity (Wildman–Crippen MR) is 116 cm³/mol. The molecule has 29 heavy (non-hydrogen) atoms. The van der Waals surface area contributed by atoms with Crippen LogP contribution in [0.3, 0.4) is 0 Å². The molecule has 0 bridgehead atoms. The molecule has 0 aliphatic carbocycles. The van der Waals surface area contributed by atoms with Crippen molar-refractivity contribution in [2.75, 3.05) is 7.11 Å². The maximum Gasteiger partial charge on any atom is 0.220 e. The Morgan fingerprint density at radius 2 is 1.90 bits per heavy atom. The van der Waals surface area contributed by atoms with Crippen molar-refractivity contribution in [2.24, 2.45) is 10.2 Å². The van der Waals surface area contributed by atoms with Gasteiger partial charge in [-0.05, 0) is 43.2 Å². The second-order valence-corrected chi connectivity index (χ2v) is 7.07. The van der Waals surface area contributed by atoms with Crippen LogP contribution in [0.25, 0.3) is 21.8 Å². The van der Waals surface area contributed by atoms with Crippen molar-refractivity contribution in [1.29, 1.82) is 0 Å². The third-order valence-corrected chi connectivity index (χ3v) is 5.12. The van der Waals surface area contributed by atoms with E-state index in [1.165, 1.54) is 0 Å². The second-order valence-electron chi connectivity index (χ2n) is 7.07. The van der Waals surface area contributed by atoms with E-state index in [0.29, 0.717) is 11.5 Å². The van der Waals surface area contributed by atoms with Gasteiger partial charge in [-0.15, -0.1) is 10.2 Å². The number of azo groups is 1. The van der Waals surface area contributed by atoms with Gasteiger partial charge in [0.2, 0.25) is 5.88 Å². The van der Waals surface area contributed by atoms with Gasteiger partial charge in [0.25, 0.3) is 0 Å². The molecule has 4 rings (SSSR count). The monoisotopic (exact) mass is 388 g/mol. The smallest absolute Gasteiger partial charge is 0.220 e. The molecule has 2 heterocycles. The van der Waals surface area contributed by atoms with Crippen molar-refractivity contribution in [3.05, 3.63) is 54.1 Å². The number of para-hydroxylation sites is 1. The summed E-state index contributed by atoms with van der Waals surface area (Å²) in [5.41, 5.74) is 3.29. The number of methoxy groups -OCH3 is 1. The molecule has 0 amide bonds. The van der Waals surface area contributed by atoms with E-state index in [-0.39, 0.29) is 5.88 Å². The summed E-state index contributed by atoms with van der Waals surface area (Å²) in [5, 5.41) is 21.4. The van der Waals surface area contributed by atoms with Gasteiger partial charge in [-0.2, -0.15) is 0 Å². The number of rotatable bonds is 6. The first-order chi connectivity index (χ1) is 14.1. The summed E-state index contributed by atoms with van der Waals surface area (Å²) in [7, 11) is 1.63. The van der Waals surface area contributed by atoms with Crippen molar-refractivity contribution in [2.45, 2.75) is 33.2 Å². The topological polar surface area (TPSA) is 72.0 Å². The maximum absolute atomic E-state index is 10.8. The third-order valence-electron chi connectivity index (χ3n) is 5.12. The number of ether oxygens (including phenoxy) is 1. The van der Waals surface area contributed by atoms with Gasteiger partial charge in [-0.3, -0.25) is 0 Å². The van der Waals surface area contributed by atoms with Gasteiger partial charge >= 0.3 is 0 Å². The Morgan fingerprint density at radius 3 is 2.69 bits per heavy atom. The number of aromatic hydroxyl groups is 1. The molecule has 4 aromatic rings. The molecule has 0 aliphatic heterocycles. The Balaban J connectivity index is 1.78.